The summed E-state index contributed by atoms with van der Waals surface area (Å²) in [5.74, 6) is 1.06. The highest BCUT2D eigenvalue weighted by Gasteiger charge is 2.17. The van der Waals surface area contributed by atoms with Gasteiger partial charge < -0.3 is 5.32 Å². The lowest BCUT2D eigenvalue weighted by Crippen LogP contribution is -2.42. The van der Waals surface area contributed by atoms with Crippen LogP contribution in [0.25, 0.3) is 0 Å². The van der Waals surface area contributed by atoms with E-state index in [0.29, 0.717) is 11.8 Å². The van der Waals surface area contributed by atoms with Crippen molar-refractivity contribution in [3.05, 3.63) is 0 Å². The van der Waals surface area contributed by atoms with Crippen LogP contribution in [-0.4, -0.2) is 18.5 Å². The Balaban J connectivity index is 3.83. The van der Waals surface area contributed by atoms with E-state index in [9.17, 15) is 4.79 Å². The summed E-state index contributed by atoms with van der Waals surface area (Å²) in [4.78, 5) is 14.2. The van der Waals surface area contributed by atoms with Crippen molar-refractivity contribution in [2.75, 3.05) is 6.54 Å². The maximum Gasteiger partial charge on any atom is 0.238 e. The third-order valence-corrected chi connectivity index (χ3v) is 2.44. The third kappa shape index (κ3) is 7.63. The van der Waals surface area contributed by atoms with Crippen LogP contribution in [0.3, 0.4) is 0 Å². The Hall–Kier alpha value is -0.280. The average Bonchev–Trinajstić information content (AvgIpc) is 2.13. The minimum atomic E-state index is -0.279. The van der Waals surface area contributed by atoms with E-state index in [0.717, 1.165) is 19.4 Å². The molecule has 0 rings (SSSR count). The summed E-state index contributed by atoms with van der Waals surface area (Å²) in [5.41, 5.74) is 0. The van der Waals surface area contributed by atoms with Crippen molar-refractivity contribution in [1.82, 2.24) is 10.2 Å². The van der Waals surface area contributed by atoms with Gasteiger partial charge in [-0.05, 0) is 36.5 Å². The van der Waals surface area contributed by atoms with Crippen LogP contribution in [0.2, 0.25) is 0 Å². The summed E-state index contributed by atoms with van der Waals surface area (Å²) >= 11 is 5.54. The van der Waals surface area contributed by atoms with Crippen LogP contribution in [0.1, 0.15) is 40.5 Å². The molecule has 0 aliphatic carbocycles. The van der Waals surface area contributed by atoms with E-state index in [2.05, 4.69) is 37.8 Å². The molecule has 4 heteroatoms. The first-order valence-corrected chi connectivity index (χ1v) is 5.99. The molecule has 0 aliphatic heterocycles. The first-order valence-electron chi connectivity index (χ1n) is 5.61. The van der Waals surface area contributed by atoms with Crippen LogP contribution in [0.15, 0.2) is 0 Å². The fraction of sp³-hybridized carbons (Fsp3) is 0.909. The van der Waals surface area contributed by atoms with Gasteiger partial charge in [-0.25, -0.2) is 4.84 Å². The smallest absolute Gasteiger partial charge is 0.238 e. The molecule has 0 radical (unpaired) electrons. The Kier molecular flexibility index (Phi) is 7.79. The van der Waals surface area contributed by atoms with Crippen LogP contribution >= 0.6 is 11.8 Å². The van der Waals surface area contributed by atoms with Crippen LogP contribution in [0.5, 0.6) is 0 Å². The molecular formula is C11H23ClN2O. The van der Waals surface area contributed by atoms with Gasteiger partial charge in [-0.15, -0.1) is 0 Å². The van der Waals surface area contributed by atoms with Crippen LogP contribution in [0.4, 0.5) is 0 Å². The minimum Gasteiger partial charge on any atom is -0.355 e. The van der Waals surface area contributed by atoms with Crippen molar-refractivity contribution < 1.29 is 4.79 Å². The molecule has 15 heavy (non-hydrogen) atoms. The number of amides is 1. The van der Waals surface area contributed by atoms with Gasteiger partial charge >= 0.3 is 0 Å². The normalized spacial score (nSPS) is 13.3. The molecule has 3 nitrogen and oxygen atoms in total. The number of hydrogen-bond acceptors (Lipinski definition) is 2. The predicted molar refractivity (Wildman–Crippen MR) is 64.7 cm³/mol. The second-order valence-corrected chi connectivity index (χ2v) is 4.98. The predicted octanol–water partition coefficient (Wildman–Crippen LogP) is 2.31. The van der Waals surface area contributed by atoms with E-state index in [4.69, 9.17) is 11.8 Å². The van der Waals surface area contributed by atoms with Gasteiger partial charge in [-0.3, -0.25) is 4.79 Å². The standard InChI is InChI=1S/C11H23ClN2O/c1-8(2)5-6-13-11(15)10(14-12)7-9(3)4/h8-10,14H,5-7H2,1-4H3,(H,13,15). The molecule has 90 valence electrons. The number of hydrogen-bond donors (Lipinski definition) is 2. The van der Waals surface area contributed by atoms with Crippen molar-refractivity contribution in [2.45, 2.75) is 46.6 Å². The van der Waals surface area contributed by atoms with Crippen molar-refractivity contribution in [3.63, 3.8) is 0 Å². The van der Waals surface area contributed by atoms with Gasteiger partial charge in [0.15, 0.2) is 0 Å². The summed E-state index contributed by atoms with van der Waals surface area (Å²) < 4.78 is 0. The van der Waals surface area contributed by atoms with Gasteiger partial charge in [-0.2, -0.15) is 0 Å². The molecule has 0 saturated carbocycles. The highest BCUT2D eigenvalue weighted by Crippen LogP contribution is 2.05. The van der Waals surface area contributed by atoms with Gasteiger partial charge in [0.05, 0.1) is 0 Å². The zero-order valence-electron chi connectivity index (χ0n) is 10.1. The third-order valence-electron chi connectivity index (χ3n) is 2.18. The molecule has 1 atom stereocenters. The Bertz CT molecular complexity index is 183. The minimum absolute atomic E-state index is 0.000602. The Labute approximate surface area is 98.1 Å². The fourth-order valence-electron chi connectivity index (χ4n) is 1.28. The molecule has 0 spiro atoms. The molecule has 1 unspecified atom stereocenters. The van der Waals surface area contributed by atoms with E-state index in [1.54, 1.807) is 0 Å². The SMILES string of the molecule is CC(C)CCNC(=O)C(CC(C)C)NCl. The lowest BCUT2D eigenvalue weighted by atomic mass is 10.0. The molecule has 0 bridgehead atoms. The number of nitrogens with one attached hydrogen (secondary N) is 2. The van der Waals surface area contributed by atoms with Gasteiger partial charge in [-0.1, -0.05) is 27.7 Å². The fourth-order valence-corrected chi connectivity index (χ4v) is 1.47. The summed E-state index contributed by atoms with van der Waals surface area (Å²) in [6.45, 7) is 9.14. The molecule has 0 heterocycles. The number of carbonyl (C=O) groups excluding carboxylic acids is 1. The van der Waals surface area contributed by atoms with E-state index in [1.807, 2.05) is 0 Å². The van der Waals surface area contributed by atoms with Crippen LogP contribution < -0.4 is 10.2 Å². The second kappa shape index (κ2) is 7.94. The van der Waals surface area contributed by atoms with Crippen LogP contribution in [0, 0.1) is 11.8 Å². The second-order valence-electron chi connectivity index (χ2n) is 4.76. The first kappa shape index (κ1) is 14.7. The lowest BCUT2D eigenvalue weighted by molar-refractivity contribution is -0.123. The summed E-state index contributed by atoms with van der Waals surface area (Å²) in [5, 5.41) is 2.88. The van der Waals surface area contributed by atoms with E-state index >= 15 is 0 Å². The Morgan fingerprint density at radius 1 is 1.20 bits per heavy atom. The van der Waals surface area contributed by atoms with Crippen molar-refractivity contribution in [1.29, 1.82) is 0 Å². The van der Waals surface area contributed by atoms with E-state index in [1.165, 1.54) is 0 Å². The number of halogens is 1. The quantitative estimate of drug-likeness (QED) is 0.664. The molecule has 1 amide bonds. The lowest BCUT2D eigenvalue weighted by Gasteiger charge is -2.17. The summed E-state index contributed by atoms with van der Waals surface area (Å²) in [7, 11) is 0. The van der Waals surface area contributed by atoms with Gasteiger partial charge in [0.2, 0.25) is 5.91 Å². The van der Waals surface area contributed by atoms with Crippen molar-refractivity contribution >= 4 is 17.7 Å². The van der Waals surface area contributed by atoms with Crippen molar-refractivity contribution in [3.8, 4) is 0 Å². The van der Waals surface area contributed by atoms with Gasteiger partial charge in [0, 0.05) is 6.54 Å². The average molecular weight is 235 g/mol. The topological polar surface area (TPSA) is 41.1 Å². The molecule has 0 saturated heterocycles. The number of carbonyl (C=O) groups is 1. The molecule has 0 aromatic rings. The molecule has 0 aromatic heterocycles. The summed E-state index contributed by atoms with van der Waals surface area (Å²) in [6, 6.07) is -0.279. The molecule has 0 fully saturated rings. The maximum absolute atomic E-state index is 11.6. The highest BCUT2D eigenvalue weighted by atomic mass is 35.5. The first-order chi connectivity index (χ1) is 6.97. The van der Waals surface area contributed by atoms with E-state index < -0.39 is 0 Å². The highest BCUT2D eigenvalue weighted by molar-refractivity contribution is 6.15. The van der Waals surface area contributed by atoms with Crippen LogP contribution in [-0.2, 0) is 4.79 Å². The number of rotatable bonds is 7. The molecular weight excluding hydrogens is 212 g/mol. The largest absolute Gasteiger partial charge is 0.355 e. The van der Waals surface area contributed by atoms with Gasteiger partial charge in [0.25, 0.3) is 0 Å². The Morgan fingerprint density at radius 3 is 2.20 bits per heavy atom. The molecule has 0 aliphatic rings. The van der Waals surface area contributed by atoms with Gasteiger partial charge in [0.1, 0.15) is 6.04 Å². The zero-order chi connectivity index (χ0) is 11.8. The van der Waals surface area contributed by atoms with E-state index in [-0.39, 0.29) is 11.9 Å². The zero-order valence-corrected chi connectivity index (χ0v) is 10.9. The summed E-state index contributed by atoms with van der Waals surface area (Å²) in [6.07, 6.45) is 1.76. The molecule has 2 N–H and O–H groups in total. The van der Waals surface area contributed by atoms with Crippen molar-refractivity contribution in [2.24, 2.45) is 11.8 Å². The maximum atomic E-state index is 11.6. The Morgan fingerprint density at radius 2 is 1.80 bits per heavy atom. The monoisotopic (exact) mass is 234 g/mol. The molecule has 0 aromatic carbocycles.